The maximum absolute atomic E-state index is 2.44. The van der Waals surface area contributed by atoms with E-state index >= 15 is 0 Å². The zero-order valence-corrected chi connectivity index (χ0v) is 29.6. The van der Waals surface area contributed by atoms with Gasteiger partial charge >= 0.3 is 0 Å². The molecular weight excluding hydrogens is 649 g/mol. The Hall–Kier alpha value is -7.02. The first-order valence-corrected chi connectivity index (χ1v) is 18.8. The van der Waals surface area contributed by atoms with Gasteiger partial charge in [-0.25, -0.2) is 0 Å². The smallest absolute Gasteiger partial charge is 0.00928 e. The first-order valence-electron chi connectivity index (χ1n) is 18.8. The summed E-state index contributed by atoms with van der Waals surface area (Å²) in [6.07, 6.45) is 0. The van der Waals surface area contributed by atoms with Crippen LogP contribution in [0.2, 0.25) is 0 Å². The Labute approximate surface area is 314 Å². The van der Waals surface area contributed by atoms with Crippen LogP contribution >= 0.6 is 0 Å². The molecule has 0 aliphatic heterocycles. The molecule has 0 heteroatoms. The fraction of sp³-hybridized carbons (Fsp3) is 0. The summed E-state index contributed by atoms with van der Waals surface area (Å²) in [7, 11) is 0. The Bertz CT molecular complexity index is 3210. The van der Waals surface area contributed by atoms with Gasteiger partial charge in [-0.05, 0) is 133 Å². The van der Waals surface area contributed by atoms with Gasteiger partial charge in [-0.15, -0.1) is 0 Å². The molecule has 0 unspecified atom stereocenters. The quantitative estimate of drug-likeness (QED) is 0.162. The standard InChI is InChI=1S/C54H34/c1-3-13-35(14-4-1)50-34-53(40-27-30-48-44-21-10-9-19-42(44)43-20-11-12-22-45(43)54(48)32-40)51(36-15-5-2-6-16-36)33-52(50)39-24-23-38-26-28-46-41-18-8-7-17-37(41)25-29-47(46)49(38)31-39/h1-34H. The van der Waals surface area contributed by atoms with Gasteiger partial charge in [0.05, 0.1) is 0 Å². The van der Waals surface area contributed by atoms with E-state index in [4.69, 9.17) is 0 Å². The number of hydrogen-bond donors (Lipinski definition) is 0. The summed E-state index contributed by atoms with van der Waals surface area (Å²) >= 11 is 0. The second kappa shape index (κ2) is 12.3. The van der Waals surface area contributed by atoms with E-state index in [0.717, 1.165) is 0 Å². The predicted octanol–water partition coefficient (Wildman–Crippen LogP) is 15.3. The van der Waals surface area contributed by atoms with Crippen molar-refractivity contribution in [3.8, 4) is 44.5 Å². The molecule has 250 valence electrons. The fourth-order valence-corrected chi connectivity index (χ4v) is 8.85. The van der Waals surface area contributed by atoms with E-state index in [9.17, 15) is 0 Å². The molecule has 11 aromatic carbocycles. The zero-order chi connectivity index (χ0) is 35.6. The van der Waals surface area contributed by atoms with E-state index in [1.807, 2.05) is 0 Å². The van der Waals surface area contributed by atoms with E-state index in [1.54, 1.807) is 0 Å². The number of fused-ring (bicyclic) bond motifs is 11. The van der Waals surface area contributed by atoms with Crippen LogP contribution in [-0.4, -0.2) is 0 Å². The van der Waals surface area contributed by atoms with E-state index < -0.39 is 0 Å². The van der Waals surface area contributed by atoms with E-state index in [0.29, 0.717) is 0 Å². The van der Waals surface area contributed by atoms with Crippen molar-refractivity contribution in [1.82, 2.24) is 0 Å². The van der Waals surface area contributed by atoms with Crippen LogP contribution in [-0.2, 0) is 0 Å². The molecule has 0 saturated heterocycles. The van der Waals surface area contributed by atoms with Crippen molar-refractivity contribution in [3.05, 3.63) is 206 Å². The van der Waals surface area contributed by atoms with Gasteiger partial charge in [-0.1, -0.05) is 182 Å². The Balaban J connectivity index is 1.20. The monoisotopic (exact) mass is 682 g/mol. The van der Waals surface area contributed by atoms with Gasteiger partial charge in [0.2, 0.25) is 0 Å². The highest BCUT2D eigenvalue weighted by Crippen LogP contribution is 2.45. The molecule has 0 aliphatic rings. The molecule has 11 rings (SSSR count). The third-order valence-electron chi connectivity index (χ3n) is 11.4. The van der Waals surface area contributed by atoms with Crippen LogP contribution in [0.25, 0.3) is 109 Å². The van der Waals surface area contributed by atoms with Crippen LogP contribution < -0.4 is 0 Å². The van der Waals surface area contributed by atoms with Crippen molar-refractivity contribution >= 4 is 64.6 Å². The molecule has 0 fully saturated rings. The van der Waals surface area contributed by atoms with Crippen LogP contribution in [0, 0.1) is 0 Å². The highest BCUT2D eigenvalue weighted by Gasteiger charge is 2.18. The molecule has 0 spiro atoms. The molecule has 54 heavy (non-hydrogen) atoms. The highest BCUT2D eigenvalue weighted by molar-refractivity contribution is 6.26. The van der Waals surface area contributed by atoms with Gasteiger partial charge in [-0.2, -0.15) is 0 Å². The van der Waals surface area contributed by atoms with Crippen LogP contribution in [0.5, 0.6) is 0 Å². The molecule has 0 N–H and O–H groups in total. The Kier molecular flexibility index (Phi) is 6.97. The first-order chi connectivity index (χ1) is 26.8. The molecule has 0 nitrogen and oxygen atoms in total. The van der Waals surface area contributed by atoms with Crippen LogP contribution in [0.15, 0.2) is 206 Å². The van der Waals surface area contributed by atoms with Crippen molar-refractivity contribution in [2.24, 2.45) is 0 Å². The summed E-state index contributed by atoms with van der Waals surface area (Å²) in [6, 6.07) is 76.2. The average molecular weight is 683 g/mol. The van der Waals surface area contributed by atoms with E-state index in [-0.39, 0.29) is 0 Å². The second-order valence-electron chi connectivity index (χ2n) is 14.4. The summed E-state index contributed by atoms with van der Waals surface area (Å²) < 4.78 is 0. The molecule has 0 aliphatic carbocycles. The van der Waals surface area contributed by atoms with Gasteiger partial charge in [0.25, 0.3) is 0 Å². The lowest BCUT2D eigenvalue weighted by Gasteiger charge is -2.19. The first kappa shape index (κ1) is 30.6. The lowest BCUT2D eigenvalue weighted by Crippen LogP contribution is -1.93. The molecule has 0 aromatic heterocycles. The number of hydrogen-bond acceptors (Lipinski definition) is 0. The number of rotatable bonds is 4. The molecule has 0 amide bonds. The van der Waals surface area contributed by atoms with Gasteiger partial charge in [0.1, 0.15) is 0 Å². The third kappa shape index (κ3) is 4.85. The van der Waals surface area contributed by atoms with Crippen molar-refractivity contribution < 1.29 is 0 Å². The average Bonchev–Trinajstić information content (AvgIpc) is 3.26. The minimum Gasteiger partial charge on any atom is -0.0622 e. The number of benzene rings is 11. The topological polar surface area (TPSA) is 0 Å². The summed E-state index contributed by atoms with van der Waals surface area (Å²) in [5.41, 5.74) is 9.71. The Morgan fingerprint density at radius 2 is 0.500 bits per heavy atom. The maximum Gasteiger partial charge on any atom is -0.00928 e. The maximum atomic E-state index is 2.44. The summed E-state index contributed by atoms with van der Waals surface area (Å²) in [6.45, 7) is 0. The van der Waals surface area contributed by atoms with E-state index in [2.05, 4.69) is 206 Å². The largest absolute Gasteiger partial charge is 0.0622 e. The van der Waals surface area contributed by atoms with Crippen molar-refractivity contribution in [2.75, 3.05) is 0 Å². The predicted molar refractivity (Wildman–Crippen MR) is 233 cm³/mol. The van der Waals surface area contributed by atoms with Gasteiger partial charge in [-0.3, -0.25) is 0 Å². The van der Waals surface area contributed by atoms with Crippen LogP contribution in [0.4, 0.5) is 0 Å². The van der Waals surface area contributed by atoms with Crippen LogP contribution in [0.1, 0.15) is 0 Å². The zero-order valence-electron chi connectivity index (χ0n) is 29.6. The molecule has 0 bridgehead atoms. The summed E-state index contributed by atoms with van der Waals surface area (Å²) in [5, 5.41) is 15.4. The second-order valence-corrected chi connectivity index (χ2v) is 14.4. The van der Waals surface area contributed by atoms with E-state index in [1.165, 1.54) is 109 Å². The molecular formula is C54H34. The normalized spacial score (nSPS) is 11.7. The van der Waals surface area contributed by atoms with Gasteiger partial charge in [0.15, 0.2) is 0 Å². The highest BCUT2D eigenvalue weighted by atomic mass is 14.2. The minimum atomic E-state index is 1.20. The van der Waals surface area contributed by atoms with Gasteiger partial charge < -0.3 is 0 Å². The molecule has 11 aromatic rings. The fourth-order valence-electron chi connectivity index (χ4n) is 8.85. The van der Waals surface area contributed by atoms with Crippen molar-refractivity contribution in [3.63, 3.8) is 0 Å². The van der Waals surface area contributed by atoms with Crippen molar-refractivity contribution in [2.45, 2.75) is 0 Å². The lowest BCUT2D eigenvalue weighted by atomic mass is 9.84. The van der Waals surface area contributed by atoms with Crippen LogP contribution in [0.3, 0.4) is 0 Å². The van der Waals surface area contributed by atoms with Gasteiger partial charge in [0, 0.05) is 0 Å². The van der Waals surface area contributed by atoms with Crippen molar-refractivity contribution in [1.29, 1.82) is 0 Å². The minimum absolute atomic E-state index is 1.20. The SMILES string of the molecule is c1ccc(-c2cc(-c3ccc4c5ccccc5c5ccccc5c4c3)c(-c3ccccc3)cc2-c2ccc3ccc4c5ccccc5ccc4c3c2)cc1. The summed E-state index contributed by atoms with van der Waals surface area (Å²) in [5.74, 6) is 0. The molecule has 0 saturated carbocycles. The molecule has 0 heterocycles. The summed E-state index contributed by atoms with van der Waals surface area (Å²) in [4.78, 5) is 0. The Morgan fingerprint density at radius 3 is 1.07 bits per heavy atom. The molecule has 0 radical (unpaired) electrons. The Morgan fingerprint density at radius 1 is 0.167 bits per heavy atom. The molecule has 0 atom stereocenters. The lowest BCUT2D eigenvalue weighted by molar-refractivity contribution is 1.56. The third-order valence-corrected chi connectivity index (χ3v) is 11.4.